The number of carbonyl (C=O) groups is 3. The average molecular weight is 633 g/mol. The number of hydrogen-bond donors (Lipinski definition) is 3. The van der Waals surface area contributed by atoms with Crippen LogP contribution in [0.2, 0.25) is 0 Å². The fourth-order valence-electron chi connectivity index (χ4n) is 5.97. The van der Waals surface area contributed by atoms with Crippen LogP contribution in [-0.2, 0) is 30.3 Å². The normalized spacial score (nSPS) is 21.5. The lowest BCUT2D eigenvalue weighted by Crippen LogP contribution is -2.36. The van der Waals surface area contributed by atoms with Crippen molar-refractivity contribution in [3.8, 4) is 11.5 Å². The Morgan fingerprint density at radius 3 is 2.24 bits per heavy atom. The highest BCUT2D eigenvalue weighted by Gasteiger charge is 2.42. The summed E-state index contributed by atoms with van der Waals surface area (Å²) in [5, 5.41) is 28.7. The van der Waals surface area contributed by atoms with E-state index >= 15 is 0 Å². The SMILES string of the molecule is CC(C)CCC[C@@H](C)CCC[C@@H](C)CCC[C@]1(C)CCc2cc(OC(=O)CC(=O)OC3=C(O)C(=O)O[C@@H]3C(O)CO)ccc2O1. The molecule has 10 heteroatoms. The van der Waals surface area contributed by atoms with Crippen LogP contribution in [0.1, 0.15) is 111 Å². The van der Waals surface area contributed by atoms with Gasteiger partial charge in [0.1, 0.15) is 29.6 Å². The molecule has 10 nitrogen and oxygen atoms in total. The molecule has 0 fully saturated rings. The van der Waals surface area contributed by atoms with Crippen molar-refractivity contribution in [3.05, 3.63) is 35.3 Å². The van der Waals surface area contributed by atoms with E-state index in [0.29, 0.717) is 5.92 Å². The molecule has 0 spiro atoms. The van der Waals surface area contributed by atoms with Gasteiger partial charge >= 0.3 is 17.9 Å². The van der Waals surface area contributed by atoms with Gasteiger partial charge in [-0.15, -0.1) is 0 Å². The molecule has 3 rings (SSSR count). The minimum Gasteiger partial charge on any atom is -0.499 e. The van der Waals surface area contributed by atoms with Crippen LogP contribution in [0.3, 0.4) is 0 Å². The highest BCUT2D eigenvalue weighted by atomic mass is 16.6. The molecule has 3 N–H and O–H groups in total. The number of rotatable bonds is 18. The smallest absolute Gasteiger partial charge is 0.378 e. The molecule has 5 atom stereocenters. The quantitative estimate of drug-likeness (QED) is 0.0985. The van der Waals surface area contributed by atoms with Gasteiger partial charge in [0.2, 0.25) is 11.5 Å². The summed E-state index contributed by atoms with van der Waals surface area (Å²) in [6.07, 6.45) is 8.75. The second-order valence-corrected chi connectivity index (χ2v) is 13.6. The second kappa shape index (κ2) is 17.0. The summed E-state index contributed by atoms with van der Waals surface area (Å²) in [5.41, 5.74) is 0.654. The van der Waals surface area contributed by atoms with Crippen LogP contribution in [0.4, 0.5) is 0 Å². The van der Waals surface area contributed by atoms with E-state index in [9.17, 15) is 24.6 Å². The minimum absolute atomic E-state index is 0.247. The zero-order valence-electron chi connectivity index (χ0n) is 27.5. The number of aryl methyl sites for hydroxylation is 1. The van der Waals surface area contributed by atoms with E-state index < -0.39 is 54.7 Å². The van der Waals surface area contributed by atoms with Crippen molar-refractivity contribution in [2.24, 2.45) is 17.8 Å². The van der Waals surface area contributed by atoms with Gasteiger partial charge in [-0.3, -0.25) is 9.59 Å². The molecule has 2 aliphatic heterocycles. The highest BCUT2D eigenvalue weighted by Crippen LogP contribution is 2.38. The van der Waals surface area contributed by atoms with Crippen LogP contribution in [0.25, 0.3) is 0 Å². The van der Waals surface area contributed by atoms with Crippen LogP contribution in [0, 0.1) is 17.8 Å². The van der Waals surface area contributed by atoms with E-state index in [0.717, 1.165) is 48.8 Å². The number of aliphatic hydroxyl groups excluding tert-OH is 3. The molecule has 1 unspecified atom stereocenters. The van der Waals surface area contributed by atoms with Crippen LogP contribution in [0.5, 0.6) is 11.5 Å². The molecular weight excluding hydrogens is 580 g/mol. The van der Waals surface area contributed by atoms with Crippen LogP contribution in [0.15, 0.2) is 29.7 Å². The van der Waals surface area contributed by atoms with E-state index in [1.165, 1.54) is 44.9 Å². The topological polar surface area (TPSA) is 149 Å². The molecule has 2 aliphatic rings. The van der Waals surface area contributed by atoms with Crippen molar-refractivity contribution < 1.29 is 48.7 Å². The first-order chi connectivity index (χ1) is 21.3. The number of carbonyl (C=O) groups excluding carboxylic acids is 3. The van der Waals surface area contributed by atoms with E-state index in [4.69, 9.17) is 24.1 Å². The standard InChI is InChI=1S/C35H52O10/c1-22(2)9-6-10-23(3)11-7-12-24(4)13-8-17-35(5)18-16-25-19-26(14-15-28(25)45-35)42-29(38)20-30(39)43-33-31(40)34(41)44-32(33)27(37)21-36/h14-15,19,22-24,27,32,36-37,40H,6-13,16-18,20-21H2,1-5H3/t23-,24-,27?,32-,35-/m1/s1. The third-order valence-corrected chi connectivity index (χ3v) is 8.79. The first-order valence-electron chi connectivity index (χ1n) is 16.5. The number of cyclic esters (lactones) is 1. The van der Waals surface area contributed by atoms with Crippen molar-refractivity contribution in [1.82, 2.24) is 0 Å². The van der Waals surface area contributed by atoms with Crippen molar-refractivity contribution in [1.29, 1.82) is 0 Å². The monoisotopic (exact) mass is 632 g/mol. The maximum Gasteiger partial charge on any atom is 0.378 e. The third-order valence-electron chi connectivity index (χ3n) is 8.79. The molecule has 0 bridgehead atoms. The number of benzene rings is 1. The highest BCUT2D eigenvalue weighted by molar-refractivity contribution is 5.94. The molecule has 1 aromatic carbocycles. The molecule has 0 saturated heterocycles. The first kappa shape index (κ1) is 36.4. The number of hydrogen-bond acceptors (Lipinski definition) is 10. The number of fused-ring (bicyclic) bond motifs is 1. The van der Waals surface area contributed by atoms with E-state index in [-0.39, 0.29) is 11.4 Å². The summed E-state index contributed by atoms with van der Waals surface area (Å²) in [7, 11) is 0. The van der Waals surface area contributed by atoms with Crippen molar-refractivity contribution >= 4 is 17.9 Å². The van der Waals surface area contributed by atoms with Gasteiger partial charge in [0, 0.05) is 0 Å². The fraction of sp³-hybridized carbons (Fsp3) is 0.686. The fourth-order valence-corrected chi connectivity index (χ4v) is 5.97. The Labute approximate surface area is 267 Å². The van der Waals surface area contributed by atoms with Gasteiger partial charge in [0.05, 0.1) is 6.61 Å². The molecule has 0 aliphatic carbocycles. The Bertz CT molecular complexity index is 1190. The Morgan fingerprint density at radius 2 is 1.60 bits per heavy atom. The van der Waals surface area contributed by atoms with E-state index in [1.807, 2.05) is 0 Å². The average Bonchev–Trinajstić information content (AvgIpc) is 3.25. The summed E-state index contributed by atoms with van der Waals surface area (Å²) in [4.78, 5) is 36.2. The minimum atomic E-state index is -1.62. The maximum absolute atomic E-state index is 12.4. The Kier molecular flexibility index (Phi) is 13.7. The van der Waals surface area contributed by atoms with Gasteiger partial charge < -0.3 is 34.3 Å². The van der Waals surface area contributed by atoms with Crippen molar-refractivity contribution in [3.63, 3.8) is 0 Å². The largest absolute Gasteiger partial charge is 0.499 e. The van der Waals surface area contributed by atoms with Crippen molar-refractivity contribution in [2.75, 3.05) is 6.61 Å². The van der Waals surface area contributed by atoms with Crippen LogP contribution < -0.4 is 9.47 Å². The van der Waals surface area contributed by atoms with Crippen LogP contribution in [-0.4, -0.2) is 57.6 Å². The molecule has 0 amide bonds. The molecular formula is C35H52O10. The molecule has 1 aromatic rings. The number of ether oxygens (including phenoxy) is 4. The predicted octanol–water partition coefficient (Wildman–Crippen LogP) is 6.10. The van der Waals surface area contributed by atoms with E-state index in [2.05, 4.69) is 34.6 Å². The summed E-state index contributed by atoms with van der Waals surface area (Å²) in [6.45, 7) is 10.7. The predicted molar refractivity (Wildman–Crippen MR) is 167 cm³/mol. The third kappa shape index (κ3) is 11.3. The van der Waals surface area contributed by atoms with Gasteiger partial charge in [-0.1, -0.05) is 72.6 Å². The Morgan fingerprint density at radius 1 is 0.978 bits per heavy atom. The van der Waals surface area contributed by atoms with Crippen LogP contribution >= 0.6 is 0 Å². The maximum atomic E-state index is 12.4. The van der Waals surface area contributed by atoms with E-state index in [1.54, 1.807) is 18.2 Å². The Hall–Kier alpha value is -3.11. The molecule has 45 heavy (non-hydrogen) atoms. The summed E-state index contributed by atoms with van der Waals surface area (Å²) >= 11 is 0. The second-order valence-electron chi connectivity index (χ2n) is 13.6. The zero-order valence-corrected chi connectivity index (χ0v) is 27.5. The lowest BCUT2D eigenvalue weighted by atomic mass is 9.86. The lowest BCUT2D eigenvalue weighted by Gasteiger charge is -2.36. The number of aliphatic hydroxyl groups is 3. The molecule has 0 aromatic heterocycles. The zero-order chi connectivity index (χ0) is 33.1. The molecule has 0 saturated carbocycles. The van der Waals surface area contributed by atoms with Gasteiger partial charge in [-0.25, -0.2) is 4.79 Å². The summed E-state index contributed by atoms with van der Waals surface area (Å²) < 4.78 is 21.3. The summed E-state index contributed by atoms with van der Waals surface area (Å²) in [5.74, 6) is -1.64. The first-order valence-corrected chi connectivity index (χ1v) is 16.5. The number of esters is 3. The van der Waals surface area contributed by atoms with Gasteiger partial charge in [-0.05, 0) is 74.1 Å². The van der Waals surface area contributed by atoms with Gasteiger partial charge in [-0.2, -0.15) is 0 Å². The molecule has 0 radical (unpaired) electrons. The van der Waals surface area contributed by atoms with Crippen molar-refractivity contribution in [2.45, 2.75) is 129 Å². The Balaban J connectivity index is 1.40. The van der Waals surface area contributed by atoms with Gasteiger partial charge in [0.25, 0.3) is 0 Å². The van der Waals surface area contributed by atoms with Gasteiger partial charge in [0.15, 0.2) is 6.10 Å². The molecule has 2 heterocycles. The summed E-state index contributed by atoms with van der Waals surface area (Å²) in [6, 6.07) is 5.09. The molecule has 252 valence electrons. The lowest BCUT2D eigenvalue weighted by molar-refractivity contribution is -0.153.